The Bertz CT molecular complexity index is 1480. The molecular formula is C27H26ClN5O. The topological polar surface area (TPSA) is 63.9 Å². The van der Waals surface area contributed by atoms with Gasteiger partial charge in [-0.3, -0.25) is 14.3 Å². The maximum Gasteiger partial charge on any atom is 0.260 e. The Morgan fingerprint density at radius 3 is 2.56 bits per heavy atom. The summed E-state index contributed by atoms with van der Waals surface area (Å²) in [5.41, 5.74) is 4.68. The third-order valence-corrected chi connectivity index (χ3v) is 7.65. The quantitative estimate of drug-likeness (QED) is 0.435. The first-order valence-electron chi connectivity index (χ1n) is 11.7. The fraction of sp³-hybridized carbons (Fsp3) is 0.333. The first-order valence-corrected chi connectivity index (χ1v) is 12.1. The van der Waals surface area contributed by atoms with Gasteiger partial charge in [-0.15, -0.1) is 0 Å². The SMILES string of the molecule is Cc1cccc(-c2ccc(-c3cc4cnc(C)nc4n(CC4[C@H]5CN(C)C[C@@H]45)c3=O)c(Cl)c2)n1. The predicted molar refractivity (Wildman–Crippen MR) is 135 cm³/mol. The van der Waals surface area contributed by atoms with Gasteiger partial charge >= 0.3 is 0 Å². The van der Waals surface area contributed by atoms with E-state index in [1.807, 2.05) is 60.9 Å². The number of rotatable bonds is 4. The number of pyridine rings is 2. The van der Waals surface area contributed by atoms with E-state index in [-0.39, 0.29) is 5.56 Å². The summed E-state index contributed by atoms with van der Waals surface area (Å²) in [5, 5.41) is 1.38. The summed E-state index contributed by atoms with van der Waals surface area (Å²) >= 11 is 6.75. The van der Waals surface area contributed by atoms with E-state index in [9.17, 15) is 4.79 Å². The van der Waals surface area contributed by atoms with Gasteiger partial charge < -0.3 is 4.90 Å². The van der Waals surface area contributed by atoms with E-state index in [1.54, 1.807) is 6.20 Å². The molecule has 1 aliphatic heterocycles. The molecular weight excluding hydrogens is 446 g/mol. The molecule has 1 aromatic carbocycles. The molecule has 6 rings (SSSR count). The van der Waals surface area contributed by atoms with Gasteiger partial charge in [0.1, 0.15) is 11.5 Å². The zero-order chi connectivity index (χ0) is 23.6. The Hall–Kier alpha value is -3.09. The van der Waals surface area contributed by atoms with Gasteiger partial charge in [0.15, 0.2) is 0 Å². The van der Waals surface area contributed by atoms with Crippen LogP contribution in [-0.4, -0.2) is 44.6 Å². The first-order chi connectivity index (χ1) is 16.4. The smallest absolute Gasteiger partial charge is 0.260 e. The van der Waals surface area contributed by atoms with Crippen molar-refractivity contribution in [3.8, 4) is 22.4 Å². The van der Waals surface area contributed by atoms with Gasteiger partial charge in [0.2, 0.25) is 0 Å². The minimum absolute atomic E-state index is 0.0488. The van der Waals surface area contributed by atoms with Crippen molar-refractivity contribution in [1.29, 1.82) is 0 Å². The minimum atomic E-state index is -0.0488. The predicted octanol–water partition coefficient (Wildman–Crippen LogP) is 4.60. The number of nitrogens with zero attached hydrogens (tertiary/aromatic N) is 5. The Balaban J connectivity index is 1.44. The van der Waals surface area contributed by atoms with Crippen LogP contribution in [0.1, 0.15) is 11.5 Å². The van der Waals surface area contributed by atoms with Crippen molar-refractivity contribution in [2.45, 2.75) is 20.4 Å². The molecule has 0 radical (unpaired) electrons. The number of halogens is 1. The van der Waals surface area contributed by atoms with Crippen molar-refractivity contribution in [2.75, 3.05) is 20.1 Å². The van der Waals surface area contributed by atoms with Crippen LogP contribution < -0.4 is 5.56 Å². The molecule has 34 heavy (non-hydrogen) atoms. The van der Waals surface area contributed by atoms with E-state index in [2.05, 4.69) is 26.9 Å². The zero-order valence-corrected chi connectivity index (χ0v) is 20.3. The zero-order valence-electron chi connectivity index (χ0n) is 19.5. The maximum atomic E-state index is 13.8. The number of aryl methyl sites for hydroxylation is 2. The van der Waals surface area contributed by atoms with Gasteiger partial charge in [-0.2, -0.15) is 0 Å². The second-order valence-electron chi connectivity index (χ2n) is 9.74. The fourth-order valence-electron chi connectivity index (χ4n) is 5.55. The molecule has 1 aliphatic carbocycles. The van der Waals surface area contributed by atoms with Crippen molar-refractivity contribution in [1.82, 2.24) is 24.4 Å². The summed E-state index contributed by atoms with van der Waals surface area (Å²) in [6.07, 6.45) is 1.80. The van der Waals surface area contributed by atoms with Gasteiger partial charge in [-0.05, 0) is 62.9 Å². The molecule has 0 N–H and O–H groups in total. The second-order valence-corrected chi connectivity index (χ2v) is 10.1. The highest BCUT2D eigenvalue weighted by Gasteiger charge is 2.54. The molecule has 0 spiro atoms. The molecule has 3 aromatic heterocycles. The Labute approximate surface area is 203 Å². The lowest BCUT2D eigenvalue weighted by Crippen LogP contribution is -2.27. The third kappa shape index (κ3) is 3.62. The normalized spacial score (nSPS) is 21.7. The van der Waals surface area contributed by atoms with Crippen molar-refractivity contribution in [3.63, 3.8) is 0 Å². The van der Waals surface area contributed by atoms with Gasteiger partial charge in [-0.1, -0.05) is 29.8 Å². The van der Waals surface area contributed by atoms with Gasteiger partial charge in [0.25, 0.3) is 5.56 Å². The first kappa shape index (κ1) is 21.4. The molecule has 0 amide bonds. The van der Waals surface area contributed by atoms with Crippen LogP contribution in [0.2, 0.25) is 5.02 Å². The summed E-state index contributed by atoms with van der Waals surface area (Å²) in [7, 11) is 2.17. The molecule has 6 nitrogen and oxygen atoms in total. The lowest BCUT2D eigenvalue weighted by Gasteiger charge is -2.16. The number of piperidine rings is 1. The molecule has 2 aliphatic rings. The highest BCUT2D eigenvalue weighted by molar-refractivity contribution is 6.33. The average Bonchev–Trinajstić information content (AvgIpc) is 3.26. The minimum Gasteiger partial charge on any atom is -0.306 e. The van der Waals surface area contributed by atoms with Crippen LogP contribution in [0.5, 0.6) is 0 Å². The van der Waals surface area contributed by atoms with Crippen molar-refractivity contribution in [3.05, 3.63) is 75.6 Å². The lowest BCUT2D eigenvalue weighted by molar-refractivity contribution is 0.332. The summed E-state index contributed by atoms with van der Waals surface area (Å²) < 4.78 is 1.86. The highest BCUT2D eigenvalue weighted by Crippen LogP contribution is 2.52. The number of fused-ring (bicyclic) bond motifs is 2. The third-order valence-electron chi connectivity index (χ3n) is 7.34. The van der Waals surface area contributed by atoms with Crippen LogP contribution in [0, 0.1) is 31.6 Å². The molecule has 4 heterocycles. The monoisotopic (exact) mass is 471 g/mol. The molecule has 7 heteroatoms. The van der Waals surface area contributed by atoms with Crippen LogP contribution >= 0.6 is 11.6 Å². The van der Waals surface area contributed by atoms with Crippen molar-refractivity contribution < 1.29 is 0 Å². The summed E-state index contributed by atoms with van der Waals surface area (Å²) in [4.78, 5) is 29.8. The number of hydrogen-bond donors (Lipinski definition) is 0. The standard InChI is InChI=1S/C27H26ClN5O/c1-15-5-4-6-25(30-15)17-7-8-19(24(28)10-17)20-9-18-11-29-16(2)31-26(18)33(27(20)34)14-23-21-12-32(3)13-22(21)23/h4-11,21-23H,12-14H2,1-3H3/t21-,22+,23?. The van der Waals surface area contributed by atoms with Crippen LogP contribution in [-0.2, 0) is 6.54 Å². The Morgan fingerprint density at radius 1 is 1.03 bits per heavy atom. The Morgan fingerprint density at radius 2 is 1.82 bits per heavy atom. The molecule has 4 aromatic rings. The molecule has 1 saturated heterocycles. The van der Waals surface area contributed by atoms with E-state index in [4.69, 9.17) is 11.6 Å². The van der Waals surface area contributed by atoms with Gasteiger partial charge in [0, 0.05) is 58.6 Å². The van der Waals surface area contributed by atoms with Crippen LogP contribution in [0.25, 0.3) is 33.4 Å². The van der Waals surface area contributed by atoms with Crippen molar-refractivity contribution in [2.24, 2.45) is 17.8 Å². The van der Waals surface area contributed by atoms with E-state index in [1.165, 1.54) is 0 Å². The van der Waals surface area contributed by atoms with Gasteiger partial charge in [0.05, 0.1) is 5.69 Å². The van der Waals surface area contributed by atoms with E-state index in [0.717, 1.165) is 41.0 Å². The van der Waals surface area contributed by atoms with Crippen molar-refractivity contribution >= 4 is 22.6 Å². The van der Waals surface area contributed by atoms with Crippen LogP contribution in [0.15, 0.2) is 53.5 Å². The molecule has 1 saturated carbocycles. The summed E-state index contributed by atoms with van der Waals surface area (Å²) in [6.45, 7) is 6.72. The molecule has 2 fully saturated rings. The summed E-state index contributed by atoms with van der Waals surface area (Å²) in [6, 6.07) is 13.6. The fourth-order valence-corrected chi connectivity index (χ4v) is 5.83. The Kier molecular flexibility index (Phi) is 5.04. The lowest BCUT2D eigenvalue weighted by atomic mass is 10.0. The molecule has 172 valence electrons. The highest BCUT2D eigenvalue weighted by atomic mass is 35.5. The number of likely N-dealkylation sites (tertiary alicyclic amines) is 1. The van der Waals surface area contributed by atoms with Crippen LogP contribution in [0.3, 0.4) is 0 Å². The number of benzene rings is 1. The number of aromatic nitrogens is 4. The van der Waals surface area contributed by atoms with E-state index in [0.29, 0.717) is 46.4 Å². The molecule has 1 unspecified atom stereocenters. The average molecular weight is 472 g/mol. The molecule has 0 bridgehead atoms. The van der Waals surface area contributed by atoms with E-state index >= 15 is 0 Å². The largest absolute Gasteiger partial charge is 0.306 e. The number of hydrogen-bond acceptors (Lipinski definition) is 5. The van der Waals surface area contributed by atoms with E-state index < -0.39 is 0 Å². The second kappa shape index (κ2) is 8.00. The maximum absolute atomic E-state index is 13.8. The molecule has 3 atom stereocenters. The van der Waals surface area contributed by atoms with Gasteiger partial charge in [-0.25, -0.2) is 9.97 Å². The summed E-state index contributed by atoms with van der Waals surface area (Å²) in [5.74, 6) is 2.52. The van der Waals surface area contributed by atoms with Crippen LogP contribution in [0.4, 0.5) is 0 Å².